The fraction of sp³-hybridized carbons (Fsp3) is 0.312. The van der Waals surface area contributed by atoms with Crippen molar-refractivity contribution in [3.63, 3.8) is 0 Å². The Bertz CT molecular complexity index is 726. The quantitative estimate of drug-likeness (QED) is 0.639. The summed E-state index contributed by atoms with van der Waals surface area (Å²) in [6, 6.07) is 8.11. The number of carbonyl (C=O) groups is 1. The molecular formula is C16H16N2O3S. The first-order chi connectivity index (χ1) is 10.6. The number of benzene rings is 1. The van der Waals surface area contributed by atoms with Gasteiger partial charge in [0.15, 0.2) is 0 Å². The van der Waals surface area contributed by atoms with Gasteiger partial charge < -0.3 is 4.90 Å². The van der Waals surface area contributed by atoms with Crippen LogP contribution in [0.4, 0.5) is 5.69 Å². The molecule has 1 unspecified atom stereocenters. The van der Waals surface area contributed by atoms with E-state index in [9.17, 15) is 14.9 Å². The van der Waals surface area contributed by atoms with Gasteiger partial charge in [0, 0.05) is 29.1 Å². The minimum Gasteiger partial charge on any atom is -0.331 e. The first kappa shape index (κ1) is 14.7. The predicted octanol–water partition coefficient (Wildman–Crippen LogP) is 3.81. The molecule has 1 aromatic carbocycles. The van der Waals surface area contributed by atoms with Gasteiger partial charge in [0.2, 0.25) is 0 Å². The molecule has 5 nitrogen and oxygen atoms in total. The number of amides is 1. The molecular weight excluding hydrogens is 300 g/mol. The van der Waals surface area contributed by atoms with E-state index in [-0.39, 0.29) is 17.6 Å². The van der Waals surface area contributed by atoms with Crippen molar-refractivity contribution in [3.05, 3.63) is 61.8 Å². The highest BCUT2D eigenvalue weighted by molar-refractivity contribution is 7.10. The lowest BCUT2D eigenvalue weighted by molar-refractivity contribution is -0.384. The van der Waals surface area contributed by atoms with Gasteiger partial charge in [-0.1, -0.05) is 13.0 Å². The lowest BCUT2D eigenvalue weighted by Crippen LogP contribution is -2.39. The fourth-order valence-electron chi connectivity index (χ4n) is 3.00. The average Bonchev–Trinajstić information content (AvgIpc) is 3.01. The molecule has 2 aromatic rings. The van der Waals surface area contributed by atoms with Crippen molar-refractivity contribution in [2.24, 2.45) is 0 Å². The molecule has 0 N–H and O–H groups in total. The number of hydrogen-bond donors (Lipinski definition) is 0. The molecule has 0 bridgehead atoms. The number of fused-ring (bicyclic) bond motifs is 1. The summed E-state index contributed by atoms with van der Waals surface area (Å²) in [5, 5.41) is 12.9. The van der Waals surface area contributed by atoms with Crippen LogP contribution < -0.4 is 0 Å². The molecule has 2 heterocycles. The van der Waals surface area contributed by atoms with Crippen molar-refractivity contribution in [2.75, 3.05) is 6.54 Å². The van der Waals surface area contributed by atoms with Gasteiger partial charge in [-0.3, -0.25) is 14.9 Å². The van der Waals surface area contributed by atoms with Crippen LogP contribution >= 0.6 is 11.3 Å². The van der Waals surface area contributed by atoms with Gasteiger partial charge >= 0.3 is 0 Å². The standard InChI is InChI=1S/C16H16N2O3S/c1-2-14-13-7-9-22-15(13)6-8-17(14)16(19)11-4-3-5-12(10-11)18(20)21/h3-5,7,9-10,14H,2,6,8H2,1H3. The first-order valence-corrected chi connectivity index (χ1v) is 8.11. The summed E-state index contributed by atoms with van der Waals surface area (Å²) in [6.45, 7) is 2.72. The molecule has 1 aliphatic heterocycles. The normalized spacial score (nSPS) is 17.1. The Morgan fingerprint density at radius 1 is 1.45 bits per heavy atom. The summed E-state index contributed by atoms with van der Waals surface area (Å²) in [6.07, 6.45) is 1.69. The zero-order valence-electron chi connectivity index (χ0n) is 12.2. The van der Waals surface area contributed by atoms with Crippen LogP contribution in [0.2, 0.25) is 0 Å². The second kappa shape index (κ2) is 5.88. The maximum atomic E-state index is 12.8. The van der Waals surface area contributed by atoms with E-state index in [0.717, 1.165) is 12.8 Å². The Hall–Kier alpha value is -2.21. The minimum atomic E-state index is -0.471. The van der Waals surface area contributed by atoms with Crippen LogP contribution in [0.25, 0.3) is 0 Å². The number of nitro groups is 1. The molecule has 0 saturated carbocycles. The molecule has 3 rings (SSSR count). The number of thiophene rings is 1. The van der Waals surface area contributed by atoms with Gasteiger partial charge in [0.05, 0.1) is 11.0 Å². The number of non-ortho nitro benzene ring substituents is 1. The third-order valence-electron chi connectivity index (χ3n) is 4.05. The summed E-state index contributed by atoms with van der Waals surface area (Å²) < 4.78 is 0. The number of nitro benzene ring substituents is 1. The molecule has 0 saturated heterocycles. The van der Waals surface area contributed by atoms with Crippen molar-refractivity contribution in [1.82, 2.24) is 4.90 Å². The van der Waals surface area contributed by atoms with Gasteiger partial charge in [0.25, 0.3) is 11.6 Å². The Morgan fingerprint density at radius 3 is 3.00 bits per heavy atom. The van der Waals surface area contributed by atoms with Crippen molar-refractivity contribution < 1.29 is 9.72 Å². The van der Waals surface area contributed by atoms with Crippen LogP contribution in [0, 0.1) is 10.1 Å². The van der Waals surface area contributed by atoms with E-state index in [1.807, 2.05) is 4.90 Å². The fourth-order valence-corrected chi connectivity index (χ4v) is 3.93. The molecule has 114 valence electrons. The van der Waals surface area contributed by atoms with Crippen LogP contribution in [0.15, 0.2) is 35.7 Å². The highest BCUT2D eigenvalue weighted by atomic mass is 32.1. The van der Waals surface area contributed by atoms with Crippen LogP contribution in [0.5, 0.6) is 0 Å². The third-order valence-corrected chi connectivity index (χ3v) is 5.04. The van der Waals surface area contributed by atoms with E-state index in [0.29, 0.717) is 12.1 Å². The number of nitrogens with zero attached hydrogens (tertiary/aromatic N) is 2. The second-order valence-corrected chi connectivity index (χ2v) is 6.28. The SMILES string of the molecule is CCC1c2ccsc2CCN1C(=O)c1cccc([N+](=O)[O-])c1. The van der Waals surface area contributed by atoms with E-state index < -0.39 is 4.92 Å². The summed E-state index contributed by atoms with van der Waals surface area (Å²) in [7, 11) is 0. The van der Waals surface area contributed by atoms with Gasteiger partial charge in [-0.25, -0.2) is 0 Å². The van der Waals surface area contributed by atoms with Crippen molar-refractivity contribution in [1.29, 1.82) is 0 Å². The highest BCUT2D eigenvalue weighted by Crippen LogP contribution is 2.36. The molecule has 1 aromatic heterocycles. The Labute approximate surface area is 132 Å². The van der Waals surface area contributed by atoms with Crippen LogP contribution in [0.3, 0.4) is 0 Å². The molecule has 0 radical (unpaired) electrons. The molecule has 0 fully saturated rings. The van der Waals surface area contributed by atoms with Gasteiger partial charge in [0.1, 0.15) is 0 Å². The smallest absolute Gasteiger partial charge is 0.270 e. The van der Waals surface area contributed by atoms with Crippen molar-refractivity contribution >= 4 is 22.9 Å². The monoisotopic (exact) mass is 316 g/mol. The van der Waals surface area contributed by atoms with E-state index in [1.54, 1.807) is 23.5 Å². The van der Waals surface area contributed by atoms with Crippen molar-refractivity contribution in [3.8, 4) is 0 Å². The molecule has 1 aliphatic rings. The second-order valence-electron chi connectivity index (χ2n) is 5.28. The van der Waals surface area contributed by atoms with Crippen LogP contribution in [-0.2, 0) is 6.42 Å². The lowest BCUT2D eigenvalue weighted by Gasteiger charge is -2.35. The molecule has 22 heavy (non-hydrogen) atoms. The zero-order valence-corrected chi connectivity index (χ0v) is 13.0. The maximum Gasteiger partial charge on any atom is 0.270 e. The molecule has 0 spiro atoms. The van der Waals surface area contributed by atoms with E-state index in [1.165, 1.54) is 22.6 Å². The Morgan fingerprint density at radius 2 is 2.27 bits per heavy atom. The molecule has 6 heteroatoms. The van der Waals surface area contributed by atoms with Crippen LogP contribution in [0.1, 0.15) is 40.2 Å². The Balaban J connectivity index is 1.92. The average molecular weight is 316 g/mol. The minimum absolute atomic E-state index is 0.0490. The number of rotatable bonds is 3. The lowest BCUT2D eigenvalue weighted by atomic mass is 9.97. The summed E-state index contributed by atoms with van der Waals surface area (Å²) in [4.78, 5) is 26.4. The van der Waals surface area contributed by atoms with E-state index >= 15 is 0 Å². The summed E-state index contributed by atoms with van der Waals surface area (Å²) in [5.41, 5.74) is 1.55. The largest absolute Gasteiger partial charge is 0.331 e. The first-order valence-electron chi connectivity index (χ1n) is 7.23. The van der Waals surface area contributed by atoms with Gasteiger partial charge in [-0.2, -0.15) is 0 Å². The van der Waals surface area contributed by atoms with Gasteiger partial charge in [-0.15, -0.1) is 11.3 Å². The Kier molecular flexibility index (Phi) is 3.94. The van der Waals surface area contributed by atoms with E-state index in [4.69, 9.17) is 0 Å². The highest BCUT2D eigenvalue weighted by Gasteiger charge is 2.31. The number of hydrogen-bond acceptors (Lipinski definition) is 4. The van der Waals surface area contributed by atoms with Gasteiger partial charge in [-0.05, 0) is 35.9 Å². The topological polar surface area (TPSA) is 63.5 Å². The molecule has 1 atom stereocenters. The predicted molar refractivity (Wildman–Crippen MR) is 85.2 cm³/mol. The summed E-state index contributed by atoms with van der Waals surface area (Å²) >= 11 is 1.73. The molecule has 0 aliphatic carbocycles. The van der Waals surface area contributed by atoms with Crippen molar-refractivity contribution in [2.45, 2.75) is 25.8 Å². The van der Waals surface area contributed by atoms with Crippen LogP contribution in [-0.4, -0.2) is 22.3 Å². The van der Waals surface area contributed by atoms with E-state index in [2.05, 4.69) is 18.4 Å². The molecule has 1 amide bonds. The summed E-state index contributed by atoms with van der Waals surface area (Å²) in [5.74, 6) is -0.132. The zero-order chi connectivity index (χ0) is 15.7. The maximum absolute atomic E-state index is 12.8. The number of carbonyl (C=O) groups excluding carboxylic acids is 1. The third kappa shape index (κ3) is 2.50.